The number of hydrogen-bond acceptors (Lipinski definition) is 4. The van der Waals surface area contributed by atoms with Crippen molar-refractivity contribution < 1.29 is 4.79 Å². The number of nitrogens with zero attached hydrogens (tertiary/aromatic N) is 4. The first kappa shape index (κ1) is 14.2. The van der Waals surface area contributed by atoms with Crippen molar-refractivity contribution in [2.24, 2.45) is 5.41 Å². The van der Waals surface area contributed by atoms with Crippen molar-refractivity contribution in [3.8, 4) is 0 Å². The van der Waals surface area contributed by atoms with Crippen LogP contribution >= 0.6 is 0 Å². The van der Waals surface area contributed by atoms with Gasteiger partial charge < -0.3 is 0 Å². The third-order valence-corrected chi connectivity index (χ3v) is 3.26. The number of aromatic amines is 1. The maximum Gasteiger partial charge on any atom is 0.238 e. The molecule has 0 atom stereocenters. The molecule has 0 fully saturated rings. The Balaban J connectivity index is 2.14. The first-order valence-corrected chi connectivity index (χ1v) is 7.01. The fourth-order valence-electron chi connectivity index (χ4n) is 2.12. The molecule has 0 aromatic carbocycles. The average molecular weight is 295 g/mol. The Morgan fingerprint density at radius 3 is 2.68 bits per heavy atom. The molecule has 3 rings (SSSR count). The minimum absolute atomic E-state index is 0.0455. The lowest BCUT2D eigenvalue weighted by molar-refractivity contribution is -0.125. The Labute approximate surface area is 128 Å². The van der Waals surface area contributed by atoms with E-state index < -0.39 is 5.41 Å². The van der Waals surface area contributed by atoms with E-state index in [2.05, 4.69) is 20.2 Å². The van der Waals surface area contributed by atoms with Crippen molar-refractivity contribution in [1.29, 1.82) is 0 Å². The van der Waals surface area contributed by atoms with Crippen molar-refractivity contribution in [2.75, 3.05) is 4.90 Å². The lowest BCUT2D eigenvalue weighted by Crippen LogP contribution is -2.36. The highest BCUT2D eigenvalue weighted by atomic mass is 16.2. The summed E-state index contributed by atoms with van der Waals surface area (Å²) in [6.45, 7) is 5.65. The maximum absolute atomic E-state index is 12.9. The first-order valence-electron chi connectivity index (χ1n) is 7.01. The summed E-state index contributed by atoms with van der Waals surface area (Å²) in [6.07, 6.45) is 4.97. The first-order chi connectivity index (χ1) is 10.5. The third kappa shape index (κ3) is 2.55. The average Bonchev–Trinajstić information content (AvgIpc) is 2.95. The summed E-state index contributed by atoms with van der Waals surface area (Å²) in [4.78, 5) is 23.1. The van der Waals surface area contributed by atoms with Gasteiger partial charge in [-0.25, -0.2) is 4.98 Å². The molecule has 0 spiro atoms. The maximum atomic E-state index is 12.9. The lowest BCUT2D eigenvalue weighted by Gasteiger charge is -2.28. The highest BCUT2D eigenvalue weighted by Crippen LogP contribution is 2.30. The van der Waals surface area contributed by atoms with Crippen molar-refractivity contribution in [3.63, 3.8) is 0 Å². The van der Waals surface area contributed by atoms with Gasteiger partial charge >= 0.3 is 0 Å². The largest absolute Gasteiger partial charge is 0.276 e. The molecule has 0 saturated heterocycles. The van der Waals surface area contributed by atoms with E-state index in [0.29, 0.717) is 17.0 Å². The molecule has 0 bridgehead atoms. The van der Waals surface area contributed by atoms with Crippen LogP contribution in [0, 0.1) is 5.41 Å². The van der Waals surface area contributed by atoms with Crippen LogP contribution < -0.4 is 4.90 Å². The summed E-state index contributed by atoms with van der Waals surface area (Å²) in [6, 6.07) is 7.31. The fraction of sp³-hybridized carbons (Fsp3) is 0.250. The van der Waals surface area contributed by atoms with Crippen molar-refractivity contribution in [1.82, 2.24) is 20.2 Å². The van der Waals surface area contributed by atoms with Gasteiger partial charge in [0, 0.05) is 11.6 Å². The number of amides is 1. The lowest BCUT2D eigenvalue weighted by atomic mass is 9.94. The van der Waals surface area contributed by atoms with Gasteiger partial charge in [0.1, 0.15) is 11.3 Å². The Morgan fingerprint density at radius 2 is 2.00 bits per heavy atom. The summed E-state index contributed by atoms with van der Waals surface area (Å²) >= 11 is 0. The van der Waals surface area contributed by atoms with Crippen LogP contribution in [0.25, 0.3) is 11.0 Å². The van der Waals surface area contributed by atoms with E-state index in [-0.39, 0.29) is 5.91 Å². The molecule has 0 aliphatic rings. The number of carbonyl (C=O) groups is 1. The van der Waals surface area contributed by atoms with E-state index in [1.807, 2.05) is 32.9 Å². The Morgan fingerprint density at radius 1 is 1.18 bits per heavy atom. The van der Waals surface area contributed by atoms with Gasteiger partial charge in [-0.15, -0.1) is 0 Å². The van der Waals surface area contributed by atoms with Gasteiger partial charge in [-0.2, -0.15) is 5.10 Å². The van der Waals surface area contributed by atoms with Crippen LogP contribution in [0.15, 0.2) is 42.9 Å². The minimum atomic E-state index is -0.539. The number of nitrogens with one attached hydrogen (secondary N) is 1. The second kappa shape index (κ2) is 5.22. The predicted octanol–water partition coefficient (Wildman–Crippen LogP) is 3.06. The molecule has 0 radical (unpaired) electrons. The molecule has 0 aliphatic carbocycles. The molecule has 3 heterocycles. The molecule has 1 N–H and O–H groups in total. The van der Waals surface area contributed by atoms with Gasteiger partial charge in [0.05, 0.1) is 23.6 Å². The van der Waals surface area contributed by atoms with Crippen molar-refractivity contribution in [3.05, 3.63) is 42.9 Å². The summed E-state index contributed by atoms with van der Waals surface area (Å²) in [5, 5.41) is 6.82. The van der Waals surface area contributed by atoms with E-state index in [0.717, 1.165) is 5.52 Å². The Bertz CT molecular complexity index is 804. The van der Waals surface area contributed by atoms with Gasteiger partial charge in [-0.3, -0.25) is 19.8 Å². The number of fused-ring (bicyclic) bond motifs is 1. The van der Waals surface area contributed by atoms with Gasteiger partial charge in [-0.1, -0.05) is 20.8 Å². The molecular formula is C16H17N5O. The fourth-order valence-corrected chi connectivity index (χ4v) is 2.12. The molecule has 0 unspecified atom stereocenters. The van der Waals surface area contributed by atoms with Gasteiger partial charge in [0.25, 0.3) is 0 Å². The normalized spacial score (nSPS) is 11.6. The van der Waals surface area contributed by atoms with Crippen LogP contribution in [-0.4, -0.2) is 26.1 Å². The Hall–Kier alpha value is -2.76. The van der Waals surface area contributed by atoms with Crippen LogP contribution in [0.2, 0.25) is 0 Å². The SMILES string of the molecule is CC(C)(C)C(=O)N(c1cccnc1)c1ccc2[nH]ncc2n1. The number of carbonyl (C=O) groups excluding carboxylic acids is 1. The third-order valence-electron chi connectivity index (χ3n) is 3.26. The number of anilines is 2. The van der Waals surface area contributed by atoms with Crippen LogP contribution in [-0.2, 0) is 4.79 Å². The monoisotopic (exact) mass is 295 g/mol. The minimum Gasteiger partial charge on any atom is -0.276 e. The Kier molecular flexibility index (Phi) is 3.36. The molecule has 22 heavy (non-hydrogen) atoms. The smallest absolute Gasteiger partial charge is 0.238 e. The molecule has 3 aromatic rings. The zero-order valence-corrected chi connectivity index (χ0v) is 12.7. The number of hydrogen-bond donors (Lipinski definition) is 1. The van der Waals surface area contributed by atoms with E-state index in [4.69, 9.17) is 0 Å². The van der Waals surface area contributed by atoms with E-state index >= 15 is 0 Å². The number of pyridine rings is 2. The van der Waals surface area contributed by atoms with Gasteiger partial charge in [0.2, 0.25) is 5.91 Å². The zero-order chi connectivity index (χ0) is 15.7. The standard InChI is InChI=1S/C16H17N5O/c1-16(2,3)15(22)21(11-5-4-8-17-9-11)14-7-6-12-13(19-14)10-18-20-12/h4-10H,1-3H3,(H,18,20). The zero-order valence-electron chi connectivity index (χ0n) is 12.7. The second-order valence-corrected chi connectivity index (χ2v) is 6.07. The van der Waals surface area contributed by atoms with Crippen LogP contribution in [0.5, 0.6) is 0 Å². The molecule has 6 heteroatoms. The molecule has 3 aromatic heterocycles. The van der Waals surface area contributed by atoms with Crippen molar-refractivity contribution >= 4 is 28.4 Å². The molecular weight excluding hydrogens is 278 g/mol. The van der Waals surface area contributed by atoms with Crippen LogP contribution in [0.1, 0.15) is 20.8 Å². The van der Waals surface area contributed by atoms with Crippen LogP contribution in [0.4, 0.5) is 11.5 Å². The topological polar surface area (TPSA) is 74.8 Å². The predicted molar refractivity (Wildman–Crippen MR) is 84.7 cm³/mol. The highest BCUT2D eigenvalue weighted by Gasteiger charge is 2.30. The molecule has 1 amide bonds. The van der Waals surface area contributed by atoms with Crippen molar-refractivity contribution in [2.45, 2.75) is 20.8 Å². The summed E-state index contributed by atoms with van der Waals surface area (Å²) in [5.41, 5.74) is 1.70. The molecule has 112 valence electrons. The van der Waals surface area contributed by atoms with Gasteiger partial charge in [0.15, 0.2) is 0 Å². The van der Waals surface area contributed by atoms with E-state index in [1.54, 1.807) is 35.6 Å². The number of aromatic nitrogens is 4. The molecule has 6 nitrogen and oxygen atoms in total. The quantitative estimate of drug-likeness (QED) is 0.788. The van der Waals surface area contributed by atoms with E-state index in [9.17, 15) is 4.79 Å². The number of rotatable bonds is 2. The van der Waals surface area contributed by atoms with E-state index in [1.165, 1.54) is 0 Å². The summed E-state index contributed by atoms with van der Waals surface area (Å²) in [7, 11) is 0. The highest BCUT2D eigenvalue weighted by molar-refractivity contribution is 6.03. The molecule has 0 aliphatic heterocycles. The summed E-state index contributed by atoms with van der Waals surface area (Å²) < 4.78 is 0. The number of H-pyrrole nitrogens is 1. The molecule has 0 saturated carbocycles. The van der Waals surface area contributed by atoms with Gasteiger partial charge in [-0.05, 0) is 24.3 Å². The summed E-state index contributed by atoms with van der Waals surface area (Å²) in [5.74, 6) is 0.512. The van der Waals surface area contributed by atoms with Crippen LogP contribution in [0.3, 0.4) is 0 Å². The second-order valence-electron chi connectivity index (χ2n) is 6.07.